The minimum atomic E-state index is -4.64. The molecular formula is C30H34ClF3N6O3S. The Morgan fingerprint density at radius 2 is 1.82 bits per heavy atom. The number of nitrogens with one attached hydrogen (secondary N) is 2. The first-order chi connectivity index (χ1) is 20.9. The fourth-order valence-corrected chi connectivity index (χ4v) is 7.14. The van der Waals surface area contributed by atoms with E-state index in [9.17, 15) is 12.8 Å². The lowest BCUT2D eigenvalue weighted by Crippen LogP contribution is -2.34. The van der Waals surface area contributed by atoms with Crippen molar-refractivity contribution in [2.24, 2.45) is 0 Å². The zero-order valence-electron chi connectivity index (χ0n) is 24.5. The number of nitrogens with zero attached hydrogens (tertiary/aromatic N) is 3. The van der Waals surface area contributed by atoms with Crippen LogP contribution in [0.3, 0.4) is 0 Å². The van der Waals surface area contributed by atoms with Crippen molar-refractivity contribution in [3.05, 3.63) is 64.6 Å². The SMILES string of the molecule is COCCNC1CCC(c2cnc(N)c3c(-c4cc(F)c(NS(=O)(=O)c5cc(Cl)ccc5F)cc4F)nn(C(C)C)c23)CC1. The predicted molar refractivity (Wildman–Crippen MR) is 165 cm³/mol. The molecule has 0 bridgehead atoms. The molecule has 1 aliphatic carbocycles. The summed E-state index contributed by atoms with van der Waals surface area (Å²) < 4.78 is 79.8. The van der Waals surface area contributed by atoms with Crippen LogP contribution in [0.1, 0.15) is 57.1 Å². The minimum absolute atomic E-state index is 0.0428. The highest BCUT2D eigenvalue weighted by atomic mass is 35.5. The maximum Gasteiger partial charge on any atom is 0.264 e. The highest BCUT2D eigenvalue weighted by molar-refractivity contribution is 7.92. The number of hydrogen-bond acceptors (Lipinski definition) is 7. The summed E-state index contributed by atoms with van der Waals surface area (Å²) in [6.45, 7) is 5.28. The van der Waals surface area contributed by atoms with Gasteiger partial charge in [-0.1, -0.05) is 11.6 Å². The molecular weight excluding hydrogens is 617 g/mol. The zero-order valence-corrected chi connectivity index (χ0v) is 26.1. The molecule has 0 saturated heterocycles. The molecule has 0 amide bonds. The van der Waals surface area contributed by atoms with Crippen LogP contribution in [-0.2, 0) is 14.8 Å². The topological polar surface area (TPSA) is 124 Å². The number of methoxy groups -OCH3 is 1. The smallest absolute Gasteiger partial charge is 0.264 e. The first-order valence-corrected chi connectivity index (χ1v) is 16.1. The highest BCUT2D eigenvalue weighted by Crippen LogP contribution is 2.42. The molecule has 236 valence electrons. The van der Waals surface area contributed by atoms with Gasteiger partial charge in [0.2, 0.25) is 0 Å². The normalized spacial score (nSPS) is 17.5. The number of benzene rings is 2. The summed E-state index contributed by atoms with van der Waals surface area (Å²) in [7, 11) is -2.97. The molecule has 1 fully saturated rings. The Hall–Kier alpha value is -3.39. The molecule has 4 aromatic rings. The molecule has 1 saturated carbocycles. The number of nitrogens with two attached hydrogens (primary N) is 1. The quantitative estimate of drug-likeness (QED) is 0.170. The van der Waals surface area contributed by atoms with E-state index in [1.807, 2.05) is 18.6 Å². The summed E-state index contributed by atoms with van der Waals surface area (Å²) >= 11 is 5.82. The lowest BCUT2D eigenvalue weighted by atomic mass is 9.81. The standard InChI is InChI=1S/C30H34ClF3N6O3S/c1-16(2)40-29-21(17-4-7-19(8-5-17)36-10-11-43-3)15-37-30(35)27(29)28(38-40)20-13-24(34)25(14-23(20)33)39-44(41,42)26-12-18(31)6-9-22(26)32/h6,9,12-17,19,36,39H,4-5,7-8,10-11H2,1-3H3,(H2,35,37). The van der Waals surface area contributed by atoms with Crippen LogP contribution in [0, 0.1) is 17.5 Å². The number of hydrogen-bond donors (Lipinski definition) is 3. The Balaban J connectivity index is 1.52. The summed E-state index contributed by atoms with van der Waals surface area (Å²) in [6.07, 6.45) is 5.46. The van der Waals surface area contributed by atoms with E-state index in [0.29, 0.717) is 29.6 Å². The van der Waals surface area contributed by atoms with E-state index < -0.39 is 38.1 Å². The van der Waals surface area contributed by atoms with Gasteiger partial charge in [-0.3, -0.25) is 9.40 Å². The van der Waals surface area contributed by atoms with Crippen LogP contribution in [0.2, 0.25) is 5.02 Å². The second-order valence-corrected chi connectivity index (χ2v) is 13.3. The molecule has 14 heteroatoms. The lowest BCUT2D eigenvalue weighted by Gasteiger charge is -2.30. The molecule has 0 aliphatic heterocycles. The lowest BCUT2D eigenvalue weighted by molar-refractivity contribution is 0.191. The van der Waals surface area contributed by atoms with Crippen LogP contribution in [0.25, 0.3) is 22.2 Å². The van der Waals surface area contributed by atoms with E-state index >= 15 is 8.78 Å². The van der Waals surface area contributed by atoms with E-state index in [4.69, 9.17) is 22.1 Å². The highest BCUT2D eigenvalue weighted by Gasteiger charge is 2.30. The van der Waals surface area contributed by atoms with Crippen LogP contribution >= 0.6 is 11.6 Å². The van der Waals surface area contributed by atoms with E-state index in [2.05, 4.69) is 15.4 Å². The van der Waals surface area contributed by atoms with Crippen LogP contribution in [0.4, 0.5) is 24.7 Å². The average Bonchev–Trinajstić information content (AvgIpc) is 3.38. The molecule has 2 aromatic carbocycles. The van der Waals surface area contributed by atoms with Crippen molar-refractivity contribution in [1.29, 1.82) is 0 Å². The fraction of sp³-hybridized carbons (Fsp3) is 0.400. The van der Waals surface area contributed by atoms with Gasteiger partial charge in [0.15, 0.2) is 0 Å². The average molecular weight is 651 g/mol. The molecule has 0 unspecified atom stereocenters. The first-order valence-electron chi connectivity index (χ1n) is 14.3. The van der Waals surface area contributed by atoms with E-state index in [-0.39, 0.29) is 34.1 Å². The van der Waals surface area contributed by atoms with Gasteiger partial charge in [0, 0.05) is 48.6 Å². The third-order valence-electron chi connectivity index (χ3n) is 7.92. The Morgan fingerprint density at radius 3 is 2.50 bits per heavy atom. The van der Waals surface area contributed by atoms with Crippen molar-refractivity contribution in [2.45, 2.75) is 62.4 Å². The van der Waals surface area contributed by atoms with Crippen molar-refractivity contribution in [1.82, 2.24) is 20.1 Å². The van der Waals surface area contributed by atoms with Crippen LogP contribution < -0.4 is 15.8 Å². The number of sulfonamides is 1. The Bertz CT molecular complexity index is 1790. The number of halogens is 4. The summed E-state index contributed by atoms with van der Waals surface area (Å²) in [4.78, 5) is 3.62. The van der Waals surface area contributed by atoms with Crippen molar-refractivity contribution in [3.8, 4) is 11.3 Å². The van der Waals surface area contributed by atoms with Crippen molar-refractivity contribution in [2.75, 3.05) is 30.7 Å². The molecule has 9 nitrogen and oxygen atoms in total. The first kappa shape index (κ1) is 32.0. The molecule has 0 atom stereocenters. The van der Waals surface area contributed by atoms with Gasteiger partial charge in [0.05, 0.1) is 23.2 Å². The molecule has 2 aromatic heterocycles. The number of aromatic nitrogens is 3. The maximum absolute atomic E-state index is 15.7. The van der Waals surface area contributed by atoms with E-state index in [1.54, 1.807) is 18.0 Å². The van der Waals surface area contributed by atoms with Gasteiger partial charge in [-0.2, -0.15) is 5.10 Å². The second kappa shape index (κ2) is 12.9. The number of ether oxygens (including phenoxy) is 1. The minimum Gasteiger partial charge on any atom is -0.383 e. The van der Waals surface area contributed by atoms with Gasteiger partial charge in [-0.05, 0) is 75.3 Å². The Labute approximate surface area is 259 Å². The number of pyridine rings is 1. The summed E-state index contributed by atoms with van der Waals surface area (Å²) in [5, 5.41) is 8.54. The van der Waals surface area contributed by atoms with Gasteiger partial charge in [0.1, 0.15) is 33.9 Å². The number of rotatable bonds is 10. The van der Waals surface area contributed by atoms with E-state index in [0.717, 1.165) is 56.0 Å². The fourth-order valence-electron chi connectivity index (χ4n) is 5.74. The predicted octanol–water partition coefficient (Wildman–Crippen LogP) is 6.40. The maximum atomic E-state index is 15.7. The second-order valence-electron chi connectivity index (χ2n) is 11.2. The van der Waals surface area contributed by atoms with Gasteiger partial charge in [-0.15, -0.1) is 0 Å². The number of nitrogen functional groups attached to an aromatic ring is 1. The van der Waals surface area contributed by atoms with Crippen molar-refractivity contribution in [3.63, 3.8) is 0 Å². The molecule has 0 radical (unpaired) electrons. The van der Waals surface area contributed by atoms with Crippen molar-refractivity contribution < 1.29 is 26.3 Å². The summed E-state index contributed by atoms with van der Waals surface area (Å²) in [5.74, 6) is -2.88. The Kier molecular flexibility index (Phi) is 9.40. The Morgan fingerprint density at radius 1 is 1.09 bits per heavy atom. The number of fused-ring (bicyclic) bond motifs is 1. The van der Waals surface area contributed by atoms with Crippen molar-refractivity contribution >= 4 is 44.0 Å². The third kappa shape index (κ3) is 6.37. The van der Waals surface area contributed by atoms with Gasteiger partial charge in [-0.25, -0.2) is 26.6 Å². The molecule has 2 heterocycles. The van der Waals surface area contributed by atoms with E-state index in [1.165, 1.54) is 6.07 Å². The van der Waals surface area contributed by atoms with Gasteiger partial charge < -0.3 is 15.8 Å². The third-order valence-corrected chi connectivity index (χ3v) is 9.53. The van der Waals surface area contributed by atoms with Crippen LogP contribution in [-0.4, -0.2) is 49.5 Å². The molecule has 4 N–H and O–H groups in total. The molecule has 5 rings (SSSR count). The number of anilines is 2. The molecule has 0 spiro atoms. The molecule has 1 aliphatic rings. The van der Waals surface area contributed by atoms with Gasteiger partial charge in [0.25, 0.3) is 10.0 Å². The molecule has 44 heavy (non-hydrogen) atoms. The van der Waals surface area contributed by atoms with Crippen LogP contribution in [0.15, 0.2) is 41.4 Å². The monoisotopic (exact) mass is 650 g/mol. The van der Waals surface area contributed by atoms with Crippen LogP contribution in [0.5, 0.6) is 0 Å². The van der Waals surface area contributed by atoms with Gasteiger partial charge >= 0.3 is 0 Å². The summed E-state index contributed by atoms with van der Waals surface area (Å²) in [6, 6.07) is 4.69. The summed E-state index contributed by atoms with van der Waals surface area (Å²) in [5.41, 5.74) is 7.15. The zero-order chi connectivity index (χ0) is 31.8. The largest absolute Gasteiger partial charge is 0.383 e.